The second-order valence-electron chi connectivity index (χ2n) is 17.4. The average molecular weight is 975 g/mol. The van der Waals surface area contributed by atoms with Crippen LogP contribution in [0.3, 0.4) is 0 Å². The van der Waals surface area contributed by atoms with Crippen molar-refractivity contribution in [3.05, 3.63) is 29.8 Å². The van der Waals surface area contributed by atoms with Gasteiger partial charge in [-0.25, -0.2) is 4.79 Å². The van der Waals surface area contributed by atoms with Gasteiger partial charge in [0.05, 0.1) is 13.0 Å². The fourth-order valence-corrected chi connectivity index (χ4v) is 8.49. The van der Waals surface area contributed by atoms with E-state index in [2.05, 4.69) is 37.2 Å². The third kappa shape index (κ3) is 18.3. The normalized spacial score (nSPS) is 23.5. The van der Waals surface area contributed by atoms with Crippen LogP contribution in [0.25, 0.3) is 0 Å². The number of carbonyl (C=O) groups excluding carboxylic acids is 10. The van der Waals surface area contributed by atoms with Crippen LogP contribution in [0, 0.1) is 11.8 Å². The van der Waals surface area contributed by atoms with Gasteiger partial charge >= 0.3 is 5.97 Å². The lowest BCUT2D eigenvalue weighted by atomic mass is 9.96. The smallest absolute Gasteiger partial charge is 0.326 e. The Labute approximate surface area is 398 Å². The Bertz CT molecular complexity index is 2000. The van der Waals surface area contributed by atoms with Crippen LogP contribution in [-0.2, 0) is 59.2 Å². The lowest BCUT2D eigenvalue weighted by Crippen LogP contribution is -2.60. The van der Waals surface area contributed by atoms with Crippen LogP contribution >= 0.6 is 11.8 Å². The van der Waals surface area contributed by atoms with E-state index in [9.17, 15) is 63.0 Å². The molecule has 3 rings (SSSR count). The maximum atomic E-state index is 14.3. The molecule has 10 amide bonds. The maximum absolute atomic E-state index is 14.3. The molecule has 1 aromatic carbocycles. The predicted octanol–water partition coefficient (Wildman–Crippen LogP) is -2.20. The molecule has 68 heavy (non-hydrogen) atoms. The number of likely N-dealkylation sites (tertiary alicyclic amines) is 1. The molecule has 0 bridgehead atoms. The number of carbonyl (C=O) groups is 11. The summed E-state index contributed by atoms with van der Waals surface area (Å²) in [7, 11) is 0. The highest BCUT2D eigenvalue weighted by molar-refractivity contribution is 7.99. The fourth-order valence-electron chi connectivity index (χ4n) is 7.51. The van der Waals surface area contributed by atoms with Crippen LogP contribution in [0.4, 0.5) is 0 Å². The largest absolute Gasteiger partial charge is 0.508 e. The molecule has 1 unspecified atom stereocenters. The van der Waals surface area contributed by atoms with Gasteiger partial charge in [0.15, 0.2) is 0 Å². The van der Waals surface area contributed by atoms with E-state index in [4.69, 9.17) is 11.5 Å². The molecule has 24 heteroatoms. The number of aromatic hydroxyl groups is 1. The van der Waals surface area contributed by atoms with E-state index in [1.54, 1.807) is 26.0 Å². The number of nitrogens with two attached hydrogens (primary N) is 2. The van der Waals surface area contributed by atoms with E-state index in [1.807, 2.05) is 13.8 Å². The van der Waals surface area contributed by atoms with Gasteiger partial charge in [-0.05, 0) is 67.4 Å². The number of primary amides is 2. The first-order valence-electron chi connectivity index (χ1n) is 22.6. The number of phenolic OH excluding ortho intramolecular Hbond substituents is 1. The Morgan fingerprint density at radius 2 is 1.51 bits per heavy atom. The third-order valence-corrected chi connectivity index (χ3v) is 12.5. The van der Waals surface area contributed by atoms with E-state index in [-0.39, 0.29) is 61.8 Å². The molecule has 0 saturated carbocycles. The van der Waals surface area contributed by atoms with E-state index in [0.717, 1.165) is 11.8 Å². The fraction of sp³-hybridized carbons (Fsp3) is 0.614. The summed E-state index contributed by atoms with van der Waals surface area (Å²) in [5.74, 6) is -10.1. The first-order valence-corrected chi connectivity index (χ1v) is 23.8. The molecule has 0 aliphatic carbocycles. The topological polar surface area (TPSA) is 368 Å². The first kappa shape index (κ1) is 55.9. The van der Waals surface area contributed by atoms with E-state index in [1.165, 1.54) is 17.0 Å². The molecule has 0 radical (unpaired) electrons. The minimum Gasteiger partial charge on any atom is -0.508 e. The quantitative estimate of drug-likeness (QED) is 0.0838. The molecule has 0 spiro atoms. The van der Waals surface area contributed by atoms with Crippen LogP contribution in [0.5, 0.6) is 5.75 Å². The van der Waals surface area contributed by atoms with Crippen molar-refractivity contribution >= 4 is 76.8 Å². The van der Waals surface area contributed by atoms with Gasteiger partial charge < -0.3 is 63.8 Å². The SMILES string of the molecule is CC[C@H](C)[C@@H]1NC(=O)[C@H](Cc2ccc(O)cc2)NC(=O)CCCSC[C@@H](C(=O)N2CCC[C@H]2C(=O)N[C@@H](CC(C)C)C(=O)NCC(N)=O)NC(=O)CC(C(=O)O)NC(=O)[C@H](CCC(N)=O)NC1=O. The lowest BCUT2D eigenvalue weighted by molar-refractivity contribution is -0.145. The molecule has 376 valence electrons. The van der Waals surface area contributed by atoms with Crippen molar-refractivity contribution < 1.29 is 63.0 Å². The number of thioether (sulfide) groups is 1. The van der Waals surface area contributed by atoms with Crippen molar-refractivity contribution in [2.75, 3.05) is 24.6 Å². The van der Waals surface area contributed by atoms with Crippen molar-refractivity contribution in [2.24, 2.45) is 23.3 Å². The molecule has 2 aliphatic heterocycles. The summed E-state index contributed by atoms with van der Waals surface area (Å²) in [6.45, 7) is 6.67. The summed E-state index contributed by atoms with van der Waals surface area (Å²) in [6.07, 6.45) is -0.552. The second-order valence-corrected chi connectivity index (χ2v) is 18.5. The van der Waals surface area contributed by atoms with Crippen LogP contribution < -0.4 is 48.7 Å². The van der Waals surface area contributed by atoms with Crippen molar-refractivity contribution in [2.45, 2.75) is 134 Å². The molecule has 2 saturated heterocycles. The number of nitrogens with one attached hydrogen (secondary N) is 7. The number of carboxylic acid groups (broad SMARTS) is 1. The Balaban J connectivity index is 1.98. The van der Waals surface area contributed by atoms with Crippen molar-refractivity contribution in [1.29, 1.82) is 0 Å². The third-order valence-electron chi connectivity index (χ3n) is 11.4. The Morgan fingerprint density at radius 1 is 0.838 bits per heavy atom. The number of hydrogen-bond donors (Lipinski definition) is 11. The summed E-state index contributed by atoms with van der Waals surface area (Å²) >= 11 is 1.16. The van der Waals surface area contributed by atoms with Gasteiger partial charge in [0.25, 0.3) is 0 Å². The molecule has 23 nitrogen and oxygen atoms in total. The van der Waals surface area contributed by atoms with Crippen LogP contribution in [-0.4, -0.2) is 147 Å². The van der Waals surface area contributed by atoms with Gasteiger partial charge in [-0.2, -0.15) is 11.8 Å². The molecule has 1 aromatic rings. The maximum Gasteiger partial charge on any atom is 0.326 e. The zero-order valence-corrected chi connectivity index (χ0v) is 39.6. The molecular formula is C44H66N10O13S. The second kappa shape index (κ2) is 27.4. The van der Waals surface area contributed by atoms with E-state index < -0.39 is 139 Å². The Morgan fingerprint density at radius 3 is 2.13 bits per heavy atom. The number of benzene rings is 1. The number of carboxylic acids is 1. The van der Waals surface area contributed by atoms with Gasteiger partial charge in [0.2, 0.25) is 59.1 Å². The molecule has 13 N–H and O–H groups in total. The zero-order valence-electron chi connectivity index (χ0n) is 38.8. The van der Waals surface area contributed by atoms with E-state index >= 15 is 0 Å². The predicted molar refractivity (Wildman–Crippen MR) is 246 cm³/mol. The Hall–Kier alpha value is -6.46. The Kier molecular flexibility index (Phi) is 22.5. The molecule has 2 heterocycles. The molecular weight excluding hydrogens is 909 g/mol. The summed E-state index contributed by atoms with van der Waals surface area (Å²) < 4.78 is 0. The van der Waals surface area contributed by atoms with Crippen molar-refractivity contribution in [3.8, 4) is 5.75 Å². The number of hydrogen-bond acceptors (Lipinski definition) is 13. The summed E-state index contributed by atoms with van der Waals surface area (Å²) in [5, 5.41) is 37.7. The van der Waals surface area contributed by atoms with Crippen LogP contribution in [0.15, 0.2) is 24.3 Å². The van der Waals surface area contributed by atoms with Gasteiger partial charge in [-0.3, -0.25) is 47.9 Å². The number of amides is 10. The highest BCUT2D eigenvalue weighted by Crippen LogP contribution is 2.22. The van der Waals surface area contributed by atoms with Crippen LogP contribution in [0.2, 0.25) is 0 Å². The summed E-state index contributed by atoms with van der Waals surface area (Å²) in [6, 6.07) is -3.64. The summed E-state index contributed by atoms with van der Waals surface area (Å²) in [4.78, 5) is 147. The molecule has 0 aromatic heterocycles. The van der Waals surface area contributed by atoms with Crippen molar-refractivity contribution in [3.63, 3.8) is 0 Å². The van der Waals surface area contributed by atoms with Gasteiger partial charge in [0.1, 0.15) is 48.0 Å². The van der Waals surface area contributed by atoms with Crippen molar-refractivity contribution in [1.82, 2.24) is 42.1 Å². The van der Waals surface area contributed by atoms with E-state index in [0.29, 0.717) is 18.4 Å². The van der Waals surface area contributed by atoms with Crippen LogP contribution in [0.1, 0.15) is 91.0 Å². The molecule has 8 atom stereocenters. The zero-order chi connectivity index (χ0) is 50.7. The van der Waals surface area contributed by atoms with Gasteiger partial charge in [-0.1, -0.05) is 46.2 Å². The standard InChI is InChI=1S/C44H66N10O13S/c1-5-24(4)37-42(64)50-27(14-15-33(45)56)39(61)52-30(44(66)67)20-36(59)49-31(22-68-17-7-9-35(58)48-29(40(62)53-37)19-25-10-12-26(55)13-11-25)43(65)54-16-6-8-32(54)41(63)51-28(18-23(2)3)38(60)47-21-34(46)57/h10-13,23-24,27-32,37,55H,5-9,14-22H2,1-4H3,(H2,45,56)(H2,46,57)(H,47,60)(H,48,58)(H,49,59)(H,50,64)(H,51,63)(H,52,61)(H,53,62)(H,66,67)/t24-,27-,28-,29-,30?,31-,32-,37-/m0/s1. The summed E-state index contributed by atoms with van der Waals surface area (Å²) in [5.41, 5.74) is 11.1. The lowest BCUT2D eigenvalue weighted by Gasteiger charge is -2.30. The number of phenols is 1. The minimum atomic E-state index is -1.92. The number of nitrogens with zero attached hydrogens (tertiary/aromatic N) is 1. The van der Waals surface area contributed by atoms with Gasteiger partial charge in [0, 0.05) is 31.6 Å². The minimum absolute atomic E-state index is 0.0325. The number of rotatable bonds is 16. The van der Waals surface area contributed by atoms with Gasteiger partial charge in [-0.15, -0.1) is 0 Å². The highest BCUT2D eigenvalue weighted by Gasteiger charge is 2.40. The highest BCUT2D eigenvalue weighted by atomic mass is 32.2. The first-order chi connectivity index (χ1) is 32.1. The average Bonchev–Trinajstić information content (AvgIpc) is 3.77. The molecule has 2 fully saturated rings. The monoisotopic (exact) mass is 974 g/mol. The number of aliphatic carboxylic acids is 1. The molecule has 2 aliphatic rings.